The van der Waals surface area contributed by atoms with Crippen LogP contribution in [0.2, 0.25) is 0 Å². The van der Waals surface area contributed by atoms with E-state index in [4.69, 9.17) is 9.15 Å². The summed E-state index contributed by atoms with van der Waals surface area (Å²) in [5, 5.41) is 31.7. The van der Waals surface area contributed by atoms with Crippen molar-refractivity contribution in [1.82, 2.24) is 15.2 Å². The molecule has 3 heterocycles. The lowest BCUT2D eigenvalue weighted by Crippen LogP contribution is -2.45. The number of hydrogen-bond donors (Lipinski definition) is 2. The van der Waals surface area contributed by atoms with Crippen LogP contribution in [0.5, 0.6) is 0 Å². The first-order valence-electron chi connectivity index (χ1n) is 12.0. The van der Waals surface area contributed by atoms with Crippen molar-refractivity contribution in [2.75, 3.05) is 5.32 Å². The number of hydrogen-bond acceptors (Lipinski definition) is 9. The Morgan fingerprint density at radius 1 is 1.17 bits per heavy atom. The van der Waals surface area contributed by atoms with Crippen molar-refractivity contribution >= 4 is 11.5 Å². The van der Waals surface area contributed by atoms with Gasteiger partial charge in [0.1, 0.15) is 11.4 Å². The number of benzene rings is 1. The molecular formula is C25H23F6N5O5. The quantitative estimate of drug-likeness (QED) is 0.165. The van der Waals surface area contributed by atoms with Crippen LogP contribution in [-0.4, -0.2) is 43.0 Å². The molecule has 0 saturated heterocycles. The van der Waals surface area contributed by atoms with Crippen LogP contribution in [0.4, 0.5) is 37.8 Å². The maximum absolute atomic E-state index is 14.8. The minimum absolute atomic E-state index is 0.176. The summed E-state index contributed by atoms with van der Waals surface area (Å²) >= 11 is 0. The van der Waals surface area contributed by atoms with Crippen molar-refractivity contribution < 1.29 is 45.5 Å². The molecule has 220 valence electrons. The van der Waals surface area contributed by atoms with E-state index in [9.17, 15) is 41.6 Å². The van der Waals surface area contributed by atoms with Gasteiger partial charge in [0.15, 0.2) is 0 Å². The highest BCUT2D eigenvalue weighted by molar-refractivity contribution is 5.68. The highest BCUT2D eigenvalue weighted by Gasteiger charge is 2.61. The lowest BCUT2D eigenvalue weighted by atomic mass is 9.94. The van der Waals surface area contributed by atoms with Gasteiger partial charge in [-0.25, -0.2) is 4.98 Å². The van der Waals surface area contributed by atoms with Gasteiger partial charge in [-0.3, -0.25) is 10.1 Å². The van der Waals surface area contributed by atoms with Crippen molar-refractivity contribution in [2.45, 2.75) is 62.9 Å². The van der Waals surface area contributed by atoms with Crippen LogP contribution in [0.25, 0.3) is 11.6 Å². The summed E-state index contributed by atoms with van der Waals surface area (Å²) in [6, 6.07) is 8.01. The summed E-state index contributed by atoms with van der Waals surface area (Å²) in [4.78, 5) is 14.3. The van der Waals surface area contributed by atoms with Gasteiger partial charge >= 0.3 is 18.0 Å². The van der Waals surface area contributed by atoms with E-state index in [2.05, 4.69) is 20.5 Å². The van der Waals surface area contributed by atoms with Gasteiger partial charge in [0, 0.05) is 18.0 Å². The number of nitrogens with zero attached hydrogens (tertiary/aromatic N) is 4. The molecule has 1 aromatic carbocycles. The van der Waals surface area contributed by atoms with Crippen LogP contribution in [0.1, 0.15) is 43.7 Å². The molecule has 0 spiro atoms. The Bertz CT molecular complexity index is 1440. The third-order valence-corrected chi connectivity index (χ3v) is 6.20. The molecule has 4 rings (SSSR count). The first-order chi connectivity index (χ1) is 19.0. The summed E-state index contributed by atoms with van der Waals surface area (Å²) in [6.45, 7) is 2.24. The first kappa shape index (κ1) is 29.9. The average molecular weight is 587 g/mol. The Balaban J connectivity index is 1.96. The van der Waals surface area contributed by atoms with Crippen LogP contribution in [0, 0.1) is 10.1 Å². The largest absolute Gasteiger partial charge is 0.426 e. The molecule has 0 amide bonds. The van der Waals surface area contributed by atoms with Gasteiger partial charge < -0.3 is 19.6 Å². The second kappa shape index (κ2) is 10.7. The van der Waals surface area contributed by atoms with Gasteiger partial charge in [0.25, 0.3) is 11.8 Å². The zero-order valence-electron chi connectivity index (χ0n) is 21.5. The van der Waals surface area contributed by atoms with Crippen LogP contribution in [0.15, 0.2) is 53.0 Å². The number of aliphatic hydroxyl groups excluding tert-OH is 1. The molecule has 4 bridgehead atoms. The first-order valence-corrected chi connectivity index (χ1v) is 12.0. The summed E-state index contributed by atoms with van der Waals surface area (Å²) < 4.78 is 96.6. The maximum Gasteiger partial charge on any atom is 0.426 e. The molecule has 3 aromatic rings. The topological polar surface area (TPSA) is 136 Å². The van der Waals surface area contributed by atoms with Crippen molar-refractivity contribution in [1.29, 1.82) is 0 Å². The molecule has 16 heteroatoms. The molecule has 41 heavy (non-hydrogen) atoms. The molecule has 0 fully saturated rings. The van der Waals surface area contributed by atoms with Crippen molar-refractivity contribution in [3.05, 3.63) is 75.7 Å². The van der Waals surface area contributed by atoms with Crippen LogP contribution < -0.4 is 5.32 Å². The van der Waals surface area contributed by atoms with Gasteiger partial charge in [0.2, 0.25) is 11.3 Å². The third-order valence-electron chi connectivity index (χ3n) is 6.20. The lowest BCUT2D eigenvalue weighted by Gasteiger charge is -2.32. The number of aliphatic hydroxyl groups is 1. The van der Waals surface area contributed by atoms with Gasteiger partial charge in [-0.05, 0) is 25.8 Å². The molecule has 10 nitrogen and oxygen atoms in total. The van der Waals surface area contributed by atoms with E-state index in [0.29, 0.717) is 5.56 Å². The van der Waals surface area contributed by atoms with E-state index in [1.54, 1.807) is 18.2 Å². The Morgan fingerprint density at radius 3 is 2.46 bits per heavy atom. The third kappa shape index (κ3) is 6.32. The SMILES string of the molecule is CC1(C)CC(O)C=CC[C@](OCc2ccccc2)(C(F)(F)F)c2nnc(o2)-c2nc(c(C(F)(F)F)cc2[N+](=O)[O-])N1. The molecule has 2 aromatic heterocycles. The van der Waals surface area contributed by atoms with Crippen molar-refractivity contribution in [2.24, 2.45) is 0 Å². The van der Waals surface area contributed by atoms with Crippen LogP contribution in [-0.2, 0) is 23.1 Å². The van der Waals surface area contributed by atoms with E-state index in [0.717, 1.165) is 12.2 Å². The number of rotatable bonds is 4. The molecule has 1 aliphatic heterocycles. The fourth-order valence-corrected chi connectivity index (χ4v) is 4.25. The Hall–Kier alpha value is -4.05. The Kier molecular flexibility index (Phi) is 7.84. The number of nitrogens with one attached hydrogen (secondary N) is 1. The molecule has 0 saturated carbocycles. The minimum Gasteiger partial charge on any atom is -0.415 e. The van der Waals surface area contributed by atoms with E-state index < -0.39 is 82.1 Å². The highest BCUT2D eigenvalue weighted by atomic mass is 19.4. The second-order valence-electron chi connectivity index (χ2n) is 9.93. The van der Waals surface area contributed by atoms with Crippen LogP contribution >= 0.6 is 0 Å². The molecular weight excluding hydrogens is 564 g/mol. The maximum atomic E-state index is 14.8. The molecule has 1 unspecified atom stereocenters. The molecule has 2 atom stereocenters. The number of pyridine rings is 1. The lowest BCUT2D eigenvalue weighted by molar-refractivity contribution is -0.384. The second-order valence-corrected chi connectivity index (χ2v) is 9.93. The van der Waals surface area contributed by atoms with E-state index in [-0.39, 0.29) is 12.5 Å². The smallest absolute Gasteiger partial charge is 0.415 e. The van der Waals surface area contributed by atoms with Gasteiger partial charge in [0.05, 0.1) is 17.6 Å². The van der Waals surface area contributed by atoms with Gasteiger partial charge in [-0.2, -0.15) is 26.3 Å². The summed E-state index contributed by atoms with van der Waals surface area (Å²) in [5.41, 5.74) is -7.92. The average Bonchev–Trinajstić information content (AvgIpc) is 3.34. The number of aromatic nitrogens is 3. The standard InChI is InChI=1S/C25H23F6N5O5/c1-22(2)12-15(37)9-6-10-23(25(29,30)31,40-13-14-7-4-3-5-8-14)21-35-34-20(41-21)18-17(36(38)39)11-16(24(26,27)28)19(32-18)33-22/h3-9,11,15,37H,10,12-13H2,1-2H3,(H,32,33)/t15?,23-/m1/s1. The normalized spacial score (nSPS) is 21.1. The van der Waals surface area contributed by atoms with Crippen LogP contribution in [0.3, 0.4) is 0 Å². The summed E-state index contributed by atoms with van der Waals surface area (Å²) in [6.07, 6.45) is -11.0. The molecule has 2 N–H and O–H groups in total. The highest BCUT2D eigenvalue weighted by Crippen LogP contribution is 2.47. The zero-order chi connectivity index (χ0) is 30.2. The Labute approximate surface area is 228 Å². The Morgan fingerprint density at radius 2 is 1.85 bits per heavy atom. The predicted octanol–water partition coefficient (Wildman–Crippen LogP) is 5.93. The number of halogens is 6. The predicted molar refractivity (Wildman–Crippen MR) is 130 cm³/mol. The van der Waals surface area contributed by atoms with Gasteiger partial charge in [-0.15, -0.1) is 10.2 Å². The van der Waals surface area contributed by atoms with Crippen molar-refractivity contribution in [3.63, 3.8) is 0 Å². The number of anilines is 1. The fraction of sp³-hybridized carbons (Fsp3) is 0.400. The van der Waals surface area contributed by atoms with E-state index in [1.165, 1.54) is 26.0 Å². The summed E-state index contributed by atoms with van der Waals surface area (Å²) in [7, 11) is 0. The molecule has 1 aliphatic rings. The number of fused-ring (bicyclic) bond motifs is 5. The molecule has 0 aliphatic carbocycles. The number of ether oxygens (including phenoxy) is 1. The van der Waals surface area contributed by atoms with E-state index in [1.807, 2.05) is 0 Å². The van der Waals surface area contributed by atoms with Crippen molar-refractivity contribution in [3.8, 4) is 11.6 Å². The number of alkyl halides is 6. The zero-order valence-corrected chi connectivity index (χ0v) is 21.5. The minimum atomic E-state index is -5.20. The van der Waals surface area contributed by atoms with Gasteiger partial charge in [-0.1, -0.05) is 42.5 Å². The fourth-order valence-electron chi connectivity index (χ4n) is 4.25. The monoisotopic (exact) mass is 587 g/mol. The van der Waals surface area contributed by atoms with E-state index >= 15 is 0 Å². The summed E-state index contributed by atoms with van der Waals surface area (Å²) in [5.74, 6) is -2.99. The molecule has 0 radical (unpaired) electrons. The number of nitro groups is 1.